The molecule has 0 saturated carbocycles. The van der Waals surface area contributed by atoms with Gasteiger partial charge in [-0.15, -0.1) is 0 Å². The summed E-state index contributed by atoms with van der Waals surface area (Å²) in [5.74, 6) is -1.38. The van der Waals surface area contributed by atoms with Crippen LogP contribution < -0.4 is 10.6 Å². The molecule has 0 radical (unpaired) electrons. The van der Waals surface area contributed by atoms with E-state index in [0.717, 1.165) is 16.7 Å². The molecule has 6 nitrogen and oxygen atoms in total. The third kappa shape index (κ3) is 6.02. The summed E-state index contributed by atoms with van der Waals surface area (Å²) in [4.78, 5) is 37.1. The molecule has 0 aromatic heterocycles. The second-order valence-corrected chi connectivity index (χ2v) is 7.13. The molecule has 0 unspecified atom stereocenters. The standard InChI is InChI=1S/C25H24N2O4/c1-17-9-8-14-21(18(17)2)26-24(29)16-31-25(30)20-12-6-7-13-22(20)27-23(28)15-19-10-4-3-5-11-19/h3-14H,15-16H2,1-2H3,(H,26,29)(H,27,28). The summed E-state index contributed by atoms with van der Waals surface area (Å²) in [5, 5.41) is 5.49. The number of rotatable bonds is 7. The molecule has 0 heterocycles. The van der Waals surface area contributed by atoms with Gasteiger partial charge >= 0.3 is 5.97 Å². The lowest BCUT2D eigenvalue weighted by Crippen LogP contribution is -2.22. The van der Waals surface area contributed by atoms with Crippen LogP contribution in [0.3, 0.4) is 0 Å². The number of hydrogen-bond acceptors (Lipinski definition) is 4. The summed E-state index contributed by atoms with van der Waals surface area (Å²) in [6, 6.07) is 21.4. The monoisotopic (exact) mass is 416 g/mol. The highest BCUT2D eigenvalue weighted by Gasteiger charge is 2.16. The first-order chi connectivity index (χ1) is 14.9. The number of para-hydroxylation sites is 1. The fourth-order valence-corrected chi connectivity index (χ4v) is 3.03. The van der Waals surface area contributed by atoms with Crippen molar-refractivity contribution in [1.29, 1.82) is 0 Å². The molecule has 0 aliphatic carbocycles. The largest absolute Gasteiger partial charge is 0.452 e. The lowest BCUT2D eigenvalue weighted by molar-refractivity contribution is -0.119. The number of hydrogen-bond donors (Lipinski definition) is 2. The van der Waals surface area contributed by atoms with Crippen LogP contribution in [0.4, 0.5) is 11.4 Å². The number of amides is 2. The third-order valence-electron chi connectivity index (χ3n) is 4.84. The van der Waals surface area contributed by atoms with Crippen LogP contribution in [0, 0.1) is 13.8 Å². The van der Waals surface area contributed by atoms with Gasteiger partial charge in [0.25, 0.3) is 5.91 Å². The number of aryl methyl sites for hydroxylation is 1. The highest BCUT2D eigenvalue weighted by molar-refractivity contribution is 6.02. The molecule has 2 amide bonds. The third-order valence-corrected chi connectivity index (χ3v) is 4.84. The second-order valence-electron chi connectivity index (χ2n) is 7.13. The molecule has 3 aromatic carbocycles. The van der Waals surface area contributed by atoms with Gasteiger partial charge in [0.05, 0.1) is 17.7 Å². The number of carbonyl (C=O) groups excluding carboxylic acids is 3. The van der Waals surface area contributed by atoms with Gasteiger partial charge in [0.15, 0.2) is 6.61 Å². The van der Waals surface area contributed by atoms with E-state index in [2.05, 4.69) is 10.6 Å². The zero-order valence-corrected chi connectivity index (χ0v) is 17.5. The van der Waals surface area contributed by atoms with Crippen molar-refractivity contribution in [3.8, 4) is 0 Å². The Morgan fingerprint density at radius 1 is 0.742 bits per heavy atom. The Balaban J connectivity index is 1.59. The van der Waals surface area contributed by atoms with Crippen LogP contribution in [-0.2, 0) is 20.7 Å². The van der Waals surface area contributed by atoms with Gasteiger partial charge < -0.3 is 15.4 Å². The number of anilines is 2. The molecule has 6 heteroatoms. The van der Waals surface area contributed by atoms with Crippen LogP contribution in [0.1, 0.15) is 27.0 Å². The molecule has 3 aromatic rings. The minimum absolute atomic E-state index is 0.183. The van der Waals surface area contributed by atoms with Crippen molar-refractivity contribution in [3.05, 3.63) is 95.1 Å². The van der Waals surface area contributed by atoms with Gasteiger partial charge in [-0.25, -0.2) is 4.79 Å². The van der Waals surface area contributed by atoms with Crippen molar-refractivity contribution in [2.45, 2.75) is 20.3 Å². The van der Waals surface area contributed by atoms with Crippen molar-refractivity contribution in [3.63, 3.8) is 0 Å². The van der Waals surface area contributed by atoms with Crippen LogP contribution in [0.15, 0.2) is 72.8 Å². The van der Waals surface area contributed by atoms with Gasteiger partial charge in [-0.05, 0) is 48.7 Å². The summed E-state index contributed by atoms with van der Waals surface area (Å²) >= 11 is 0. The van der Waals surface area contributed by atoms with E-state index in [1.54, 1.807) is 30.3 Å². The zero-order valence-electron chi connectivity index (χ0n) is 17.5. The Kier molecular flexibility index (Phi) is 7.17. The number of esters is 1. The summed E-state index contributed by atoms with van der Waals surface area (Å²) in [5.41, 5.74) is 4.06. The molecule has 0 bridgehead atoms. The van der Waals surface area contributed by atoms with E-state index in [1.807, 2.05) is 56.3 Å². The maximum absolute atomic E-state index is 12.5. The van der Waals surface area contributed by atoms with Crippen LogP contribution in [0.5, 0.6) is 0 Å². The Bertz CT molecular complexity index is 1090. The van der Waals surface area contributed by atoms with Crippen LogP contribution in [0.2, 0.25) is 0 Å². The molecule has 0 aliphatic heterocycles. The molecule has 0 saturated heterocycles. The summed E-state index contributed by atoms with van der Waals surface area (Å²) < 4.78 is 5.17. The molecule has 31 heavy (non-hydrogen) atoms. The maximum Gasteiger partial charge on any atom is 0.340 e. The summed E-state index contributed by atoms with van der Waals surface area (Å²) in [6.07, 6.45) is 0.183. The minimum atomic E-state index is -0.688. The number of carbonyl (C=O) groups is 3. The van der Waals surface area contributed by atoms with Crippen molar-refractivity contribution in [2.75, 3.05) is 17.2 Å². The topological polar surface area (TPSA) is 84.5 Å². The zero-order chi connectivity index (χ0) is 22.2. The van der Waals surface area contributed by atoms with Gasteiger partial charge in [-0.1, -0.05) is 54.6 Å². The minimum Gasteiger partial charge on any atom is -0.452 e. The molecule has 0 fully saturated rings. The van der Waals surface area contributed by atoms with E-state index in [-0.39, 0.29) is 17.9 Å². The number of ether oxygens (including phenoxy) is 1. The first-order valence-corrected chi connectivity index (χ1v) is 9.90. The fourth-order valence-electron chi connectivity index (χ4n) is 3.03. The van der Waals surface area contributed by atoms with Crippen molar-refractivity contribution in [2.24, 2.45) is 0 Å². The van der Waals surface area contributed by atoms with Crippen LogP contribution >= 0.6 is 0 Å². The molecule has 0 atom stereocenters. The van der Waals surface area contributed by atoms with E-state index in [9.17, 15) is 14.4 Å². The lowest BCUT2D eigenvalue weighted by atomic mass is 10.1. The van der Waals surface area contributed by atoms with E-state index in [0.29, 0.717) is 11.4 Å². The van der Waals surface area contributed by atoms with Crippen molar-refractivity contribution < 1.29 is 19.1 Å². The Morgan fingerprint density at radius 3 is 2.16 bits per heavy atom. The highest BCUT2D eigenvalue weighted by Crippen LogP contribution is 2.19. The van der Waals surface area contributed by atoms with Crippen LogP contribution in [-0.4, -0.2) is 24.4 Å². The van der Waals surface area contributed by atoms with E-state index in [4.69, 9.17) is 4.74 Å². The van der Waals surface area contributed by atoms with E-state index >= 15 is 0 Å². The lowest BCUT2D eigenvalue weighted by Gasteiger charge is -2.12. The van der Waals surface area contributed by atoms with E-state index < -0.39 is 18.5 Å². The van der Waals surface area contributed by atoms with Gasteiger partial charge in [0, 0.05) is 5.69 Å². The number of nitrogens with one attached hydrogen (secondary N) is 2. The Labute approximate surface area is 181 Å². The second kappa shape index (κ2) is 10.2. The number of benzene rings is 3. The fraction of sp³-hybridized carbons (Fsp3) is 0.160. The molecule has 158 valence electrons. The SMILES string of the molecule is Cc1cccc(NC(=O)COC(=O)c2ccccc2NC(=O)Cc2ccccc2)c1C. The highest BCUT2D eigenvalue weighted by atomic mass is 16.5. The molecule has 2 N–H and O–H groups in total. The Hall–Kier alpha value is -3.93. The van der Waals surface area contributed by atoms with Crippen molar-refractivity contribution >= 4 is 29.2 Å². The predicted octanol–water partition coefficient (Wildman–Crippen LogP) is 4.28. The Morgan fingerprint density at radius 2 is 1.39 bits per heavy atom. The van der Waals surface area contributed by atoms with Gasteiger partial charge in [0.2, 0.25) is 5.91 Å². The first-order valence-electron chi connectivity index (χ1n) is 9.90. The maximum atomic E-state index is 12.5. The molecular weight excluding hydrogens is 392 g/mol. The average molecular weight is 416 g/mol. The van der Waals surface area contributed by atoms with Gasteiger partial charge in [-0.3, -0.25) is 9.59 Å². The average Bonchev–Trinajstić information content (AvgIpc) is 2.76. The summed E-state index contributed by atoms with van der Waals surface area (Å²) in [7, 11) is 0. The smallest absolute Gasteiger partial charge is 0.340 e. The molecule has 0 spiro atoms. The summed E-state index contributed by atoms with van der Waals surface area (Å²) in [6.45, 7) is 3.43. The van der Waals surface area contributed by atoms with Gasteiger partial charge in [-0.2, -0.15) is 0 Å². The van der Waals surface area contributed by atoms with Gasteiger partial charge in [0.1, 0.15) is 0 Å². The predicted molar refractivity (Wildman–Crippen MR) is 120 cm³/mol. The molecule has 0 aliphatic rings. The normalized spacial score (nSPS) is 10.3. The van der Waals surface area contributed by atoms with Crippen molar-refractivity contribution in [1.82, 2.24) is 0 Å². The first kappa shape index (κ1) is 21.8. The van der Waals surface area contributed by atoms with Crippen LogP contribution in [0.25, 0.3) is 0 Å². The molecular formula is C25H24N2O4. The molecule has 3 rings (SSSR count). The van der Waals surface area contributed by atoms with E-state index in [1.165, 1.54) is 0 Å². The quantitative estimate of drug-likeness (QED) is 0.563.